The van der Waals surface area contributed by atoms with Gasteiger partial charge in [0, 0.05) is 12.4 Å². The van der Waals surface area contributed by atoms with Gasteiger partial charge in [-0.15, -0.1) is 12.4 Å². The Morgan fingerprint density at radius 1 is 1.44 bits per heavy atom. The van der Waals surface area contributed by atoms with Crippen LogP contribution in [0, 0.1) is 5.92 Å². The zero-order valence-electron chi connectivity index (χ0n) is 8.67. The molecule has 2 rings (SSSR count). The smallest absolute Gasteiger partial charge is 0.197 e. The van der Waals surface area contributed by atoms with E-state index in [2.05, 4.69) is 15.3 Å². The Labute approximate surface area is 101 Å². The van der Waals surface area contributed by atoms with Crippen LogP contribution in [0.2, 0.25) is 0 Å². The Kier molecular flexibility index (Phi) is 4.64. The molecule has 16 heavy (non-hydrogen) atoms. The van der Waals surface area contributed by atoms with Crippen molar-refractivity contribution in [2.75, 3.05) is 18.8 Å². The van der Waals surface area contributed by atoms with Crippen LogP contribution in [0.25, 0.3) is 0 Å². The van der Waals surface area contributed by atoms with Crippen molar-refractivity contribution in [1.29, 1.82) is 0 Å². The van der Waals surface area contributed by atoms with Gasteiger partial charge in [-0.05, 0) is 25.4 Å². The lowest BCUT2D eigenvalue weighted by molar-refractivity contribution is 0.566. The number of aromatic nitrogens is 2. The van der Waals surface area contributed by atoms with Crippen LogP contribution in [0.4, 0.5) is 0 Å². The van der Waals surface area contributed by atoms with Gasteiger partial charge in [-0.25, -0.2) is 13.4 Å². The fourth-order valence-electron chi connectivity index (χ4n) is 1.70. The predicted molar refractivity (Wildman–Crippen MR) is 62.3 cm³/mol. The molecule has 0 bridgehead atoms. The van der Waals surface area contributed by atoms with Crippen molar-refractivity contribution < 1.29 is 8.42 Å². The van der Waals surface area contributed by atoms with E-state index in [1.165, 1.54) is 18.6 Å². The average molecular weight is 264 g/mol. The highest BCUT2D eigenvalue weighted by Gasteiger charge is 2.24. The number of hydrogen-bond donors (Lipinski definition) is 1. The molecular formula is C9H14ClN3O2S. The third-order valence-electron chi connectivity index (χ3n) is 2.48. The minimum absolute atomic E-state index is 0. The summed E-state index contributed by atoms with van der Waals surface area (Å²) in [4.78, 5) is 7.59. The Hall–Kier alpha value is -0.720. The normalized spacial score (nSPS) is 20.4. The number of hydrogen-bond acceptors (Lipinski definition) is 5. The third-order valence-corrected chi connectivity index (χ3v) is 4.23. The van der Waals surface area contributed by atoms with Crippen LogP contribution in [0.3, 0.4) is 0 Å². The van der Waals surface area contributed by atoms with Gasteiger partial charge < -0.3 is 5.32 Å². The van der Waals surface area contributed by atoms with Gasteiger partial charge in [-0.3, -0.25) is 4.98 Å². The van der Waals surface area contributed by atoms with Gasteiger partial charge in [-0.1, -0.05) is 0 Å². The molecule has 2 heterocycles. The van der Waals surface area contributed by atoms with E-state index in [0.717, 1.165) is 19.5 Å². The molecule has 0 amide bonds. The molecule has 1 saturated heterocycles. The molecular weight excluding hydrogens is 250 g/mol. The maximum absolute atomic E-state index is 11.9. The van der Waals surface area contributed by atoms with Gasteiger partial charge in [-0.2, -0.15) is 0 Å². The second kappa shape index (κ2) is 5.56. The number of nitrogens with zero attached hydrogens (tertiary/aromatic N) is 2. The topological polar surface area (TPSA) is 72.0 Å². The Morgan fingerprint density at radius 3 is 2.81 bits per heavy atom. The highest BCUT2D eigenvalue weighted by atomic mass is 35.5. The minimum Gasteiger partial charge on any atom is -0.316 e. The summed E-state index contributed by atoms with van der Waals surface area (Å²) in [6.07, 6.45) is 5.09. The molecule has 1 aromatic rings. The molecule has 0 saturated carbocycles. The third kappa shape index (κ3) is 3.13. The number of sulfone groups is 1. The predicted octanol–water partition coefficient (Wildman–Crippen LogP) is 0.282. The van der Waals surface area contributed by atoms with Gasteiger partial charge in [0.05, 0.1) is 11.9 Å². The van der Waals surface area contributed by atoms with Crippen LogP contribution in [-0.4, -0.2) is 37.2 Å². The standard InChI is InChI=1S/C9H13N3O2S.ClH/c13-15(14,7-8-1-2-10-5-8)9-6-11-3-4-12-9;/h3-4,6,8,10H,1-2,5,7H2;1H. The van der Waals surface area contributed by atoms with Crippen LogP contribution < -0.4 is 5.32 Å². The Morgan fingerprint density at radius 2 is 2.25 bits per heavy atom. The fourth-order valence-corrected chi connectivity index (χ4v) is 3.22. The molecule has 1 atom stereocenters. The molecule has 0 aromatic carbocycles. The van der Waals surface area contributed by atoms with Gasteiger partial charge in [0.1, 0.15) is 0 Å². The molecule has 90 valence electrons. The average Bonchev–Trinajstić information content (AvgIpc) is 2.71. The molecule has 5 nitrogen and oxygen atoms in total. The van der Waals surface area contributed by atoms with E-state index < -0.39 is 9.84 Å². The second-order valence-corrected chi connectivity index (χ2v) is 5.66. The number of rotatable bonds is 3. The Balaban J connectivity index is 0.00000128. The quantitative estimate of drug-likeness (QED) is 0.848. The summed E-state index contributed by atoms with van der Waals surface area (Å²) >= 11 is 0. The second-order valence-electron chi connectivity index (χ2n) is 3.68. The molecule has 0 spiro atoms. The first-order valence-corrected chi connectivity index (χ1v) is 6.53. The Bertz CT molecular complexity index is 418. The van der Waals surface area contributed by atoms with Gasteiger partial charge >= 0.3 is 0 Å². The van der Waals surface area contributed by atoms with Crippen LogP contribution in [-0.2, 0) is 9.84 Å². The van der Waals surface area contributed by atoms with E-state index >= 15 is 0 Å². The van der Waals surface area contributed by atoms with E-state index in [-0.39, 0.29) is 29.1 Å². The van der Waals surface area contributed by atoms with Crippen molar-refractivity contribution in [3.63, 3.8) is 0 Å². The maximum atomic E-state index is 11.9. The zero-order chi connectivity index (χ0) is 10.7. The van der Waals surface area contributed by atoms with Gasteiger partial charge in [0.2, 0.25) is 0 Å². The lowest BCUT2D eigenvalue weighted by Gasteiger charge is -2.07. The van der Waals surface area contributed by atoms with Crippen molar-refractivity contribution in [1.82, 2.24) is 15.3 Å². The molecule has 0 radical (unpaired) electrons. The SMILES string of the molecule is Cl.O=S(=O)(CC1CCNC1)c1cnccn1. The van der Waals surface area contributed by atoms with E-state index in [1.54, 1.807) is 0 Å². The molecule has 0 aliphatic carbocycles. The first-order valence-electron chi connectivity index (χ1n) is 4.88. The zero-order valence-corrected chi connectivity index (χ0v) is 10.3. The molecule has 1 unspecified atom stereocenters. The van der Waals surface area contributed by atoms with Crippen molar-refractivity contribution in [3.8, 4) is 0 Å². The fraction of sp³-hybridized carbons (Fsp3) is 0.556. The first kappa shape index (κ1) is 13.3. The highest BCUT2D eigenvalue weighted by molar-refractivity contribution is 7.91. The monoisotopic (exact) mass is 263 g/mol. The molecule has 1 N–H and O–H groups in total. The minimum atomic E-state index is -3.26. The van der Waals surface area contributed by atoms with Crippen LogP contribution in [0.15, 0.2) is 23.6 Å². The van der Waals surface area contributed by atoms with Gasteiger partial charge in [0.25, 0.3) is 0 Å². The van der Waals surface area contributed by atoms with Crippen LogP contribution >= 0.6 is 12.4 Å². The summed E-state index contributed by atoms with van der Waals surface area (Å²) < 4.78 is 23.7. The van der Waals surface area contributed by atoms with Crippen molar-refractivity contribution in [2.45, 2.75) is 11.4 Å². The van der Waals surface area contributed by atoms with Crippen molar-refractivity contribution >= 4 is 22.2 Å². The first-order chi connectivity index (χ1) is 7.18. The molecule has 7 heteroatoms. The summed E-state index contributed by atoms with van der Waals surface area (Å²) in [5, 5.41) is 3.23. The van der Waals surface area contributed by atoms with Crippen LogP contribution in [0.1, 0.15) is 6.42 Å². The molecule has 1 aliphatic heterocycles. The summed E-state index contributed by atoms with van der Waals surface area (Å²) in [5.41, 5.74) is 0. The summed E-state index contributed by atoms with van der Waals surface area (Å²) in [6, 6.07) is 0. The van der Waals surface area contributed by atoms with E-state index in [1.807, 2.05) is 0 Å². The van der Waals surface area contributed by atoms with Crippen molar-refractivity contribution in [2.24, 2.45) is 5.92 Å². The van der Waals surface area contributed by atoms with E-state index in [9.17, 15) is 8.42 Å². The van der Waals surface area contributed by atoms with Gasteiger partial charge in [0.15, 0.2) is 14.9 Å². The molecule has 1 fully saturated rings. The number of nitrogens with one attached hydrogen (secondary N) is 1. The lowest BCUT2D eigenvalue weighted by Crippen LogP contribution is -2.19. The van der Waals surface area contributed by atoms with E-state index in [4.69, 9.17) is 0 Å². The number of halogens is 1. The summed E-state index contributed by atoms with van der Waals surface area (Å²) in [7, 11) is -3.26. The largest absolute Gasteiger partial charge is 0.316 e. The lowest BCUT2D eigenvalue weighted by atomic mass is 10.2. The van der Waals surface area contributed by atoms with Crippen molar-refractivity contribution in [3.05, 3.63) is 18.6 Å². The molecule has 1 aromatic heterocycles. The van der Waals surface area contributed by atoms with Crippen LogP contribution in [0.5, 0.6) is 0 Å². The molecule has 1 aliphatic rings. The van der Waals surface area contributed by atoms with E-state index in [0.29, 0.717) is 0 Å². The highest BCUT2D eigenvalue weighted by Crippen LogP contribution is 2.15. The summed E-state index contributed by atoms with van der Waals surface area (Å²) in [5.74, 6) is 0.371. The maximum Gasteiger partial charge on any atom is 0.197 e. The summed E-state index contributed by atoms with van der Waals surface area (Å²) in [6.45, 7) is 1.68.